The van der Waals surface area contributed by atoms with Gasteiger partial charge in [-0.15, -0.1) is 0 Å². The first-order valence-corrected chi connectivity index (χ1v) is 7.89. The number of ketones is 1. The molecule has 1 rings (SSSR count). The summed E-state index contributed by atoms with van der Waals surface area (Å²) in [6.45, 7) is 5.98. The largest absolute Gasteiger partial charge is 0.346 e. The van der Waals surface area contributed by atoms with Crippen LogP contribution in [0.5, 0.6) is 0 Å². The van der Waals surface area contributed by atoms with Crippen molar-refractivity contribution in [1.29, 1.82) is 0 Å². The van der Waals surface area contributed by atoms with Crippen LogP contribution in [0.25, 0.3) is 0 Å². The normalized spacial score (nSPS) is 12.2. The summed E-state index contributed by atoms with van der Waals surface area (Å²) in [4.78, 5) is 23.8. The number of amides is 1. The van der Waals surface area contributed by atoms with Crippen LogP contribution in [0.3, 0.4) is 0 Å². The van der Waals surface area contributed by atoms with Crippen molar-refractivity contribution >= 4 is 11.7 Å². The van der Waals surface area contributed by atoms with Crippen LogP contribution < -0.4 is 5.32 Å². The minimum atomic E-state index is -0.320. The molecule has 0 saturated heterocycles. The summed E-state index contributed by atoms with van der Waals surface area (Å²) in [5.41, 5.74) is 1.24. The Balaban J connectivity index is 2.37. The number of hydrogen-bond acceptors (Lipinski definition) is 2. The van der Waals surface area contributed by atoms with Crippen molar-refractivity contribution < 1.29 is 9.59 Å². The molecule has 1 aromatic carbocycles. The molecule has 1 atom stereocenters. The maximum absolute atomic E-state index is 12.0. The predicted octanol–water partition coefficient (Wildman–Crippen LogP) is 3.52. The maximum Gasteiger partial charge on any atom is 0.220 e. The molecule has 0 saturated carbocycles. The molecule has 116 valence electrons. The summed E-state index contributed by atoms with van der Waals surface area (Å²) in [7, 11) is 0. The van der Waals surface area contributed by atoms with Crippen molar-refractivity contribution in [3.05, 3.63) is 35.9 Å². The highest BCUT2D eigenvalue weighted by Gasteiger charge is 2.19. The van der Waals surface area contributed by atoms with Gasteiger partial charge in [-0.2, -0.15) is 0 Å². The molecule has 3 heteroatoms. The number of Topliss-reactive ketones (excluding diaryl/α,β-unsaturated/α-hetero) is 1. The molecule has 1 aromatic rings. The maximum atomic E-state index is 12.0. The summed E-state index contributed by atoms with van der Waals surface area (Å²) >= 11 is 0. The van der Waals surface area contributed by atoms with E-state index in [0.29, 0.717) is 18.8 Å². The van der Waals surface area contributed by atoms with Crippen LogP contribution in [-0.4, -0.2) is 17.7 Å². The number of carbonyl (C=O) groups excluding carboxylic acids is 2. The second kappa shape index (κ2) is 9.32. The van der Waals surface area contributed by atoms with Crippen molar-refractivity contribution in [2.45, 2.75) is 58.9 Å². The van der Waals surface area contributed by atoms with Gasteiger partial charge in [0.15, 0.2) is 5.78 Å². The number of benzene rings is 1. The summed E-state index contributed by atoms with van der Waals surface area (Å²) in [6.07, 6.45) is 3.37. The lowest BCUT2D eigenvalue weighted by molar-refractivity contribution is -0.128. The zero-order valence-corrected chi connectivity index (χ0v) is 13.4. The van der Waals surface area contributed by atoms with E-state index in [1.54, 1.807) is 0 Å². The zero-order valence-electron chi connectivity index (χ0n) is 13.4. The van der Waals surface area contributed by atoms with Crippen molar-refractivity contribution in [3.63, 3.8) is 0 Å². The first-order valence-electron chi connectivity index (χ1n) is 7.89. The molecule has 0 spiro atoms. The molecule has 21 heavy (non-hydrogen) atoms. The Hall–Kier alpha value is -1.64. The van der Waals surface area contributed by atoms with Gasteiger partial charge < -0.3 is 5.32 Å². The highest BCUT2D eigenvalue weighted by molar-refractivity contribution is 5.88. The van der Waals surface area contributed by atoms with E-state index in [-0.39, 0.29) is 17.7 Å². The van der Waals surface area contributed by atoms with Crippen molar-refractivity contribution in [3.8, 4) is 0 Å². The lowest BCUT2D eigenvalue weighted by Crippen LogP contribution is -2.41. The minimum Gasteiger partial charge on any atom is -0.346 e. The number of rotatable bonds is 9. The first-order chi connectivity index (χ1) is 10.0. The summed E-state index contributed by atoms with van der Waals surface area (Å²) < 4.78 is 0. The number of nitrogens with one attached hydrogen (secondary N) is 1. The Bertz CT molecular complexity index is 440. The molecule has 0 aliphatic carbocycles. The van der Waals surface area contributed by atoms with Crippen molar-refractivity contribution in [2.24, 2.45) is 5.92 Å². The van der Waals surface area contributed by atoms with Gasteiger partial charge in [-0.1, -0.05) is 51.1 Å². The van der Waals surface area contributed by atoms with Gasteiger partial charge in [0.05, 0.1) is 6.04 Å². The van der Waals surface area contributed by atoms with E-state index in [4.69, 9.17) is 0 Å². The molecule has 1 N–H and O–H groups in total. The fourth-order valence-corrected chi connectivity index (χ4v) is 2.35. The van der Waals surface area contributed by atoms with Gasteiger partial charge in [0.2, 0.25) is 5.91 Å². The SMILES string of the molecule is CCC(=O)[C@H](CC(C)C)NC(=O)CCCc1ccccc1. The van der Waals surface area contributed by atoms with Crippen LogP contribution in [0, 0.1) is 5.92 Å². The molecule has 1 amide bonds. The second-order valence-electron chi connectivity index (χ2n) is 5.91. The third-order valence-corrected chi connectivity index (χ3v) is 3.49. The van der Waals surface area contributed by atoms with E-state index in [9.17, 15) is 9.59 Å². The van der Waals surface area contributed by atoms with Gasteiger partial charge in [0.1, 0.15) is 0 Å². The van der Waals surface area contributed by atoms with Gasteiger partial charge in [0, 0.05) is 12.8 Å². The molecule has 0 aliphatic heterocycles. The minimum absolute atomic E-state index is 0.0154. The number of hydrogen-bond donors (Lipinski definition) is 1. The molecule has 0 radical (unpaired) electrons. The monoisotopic (exact) mass is 289 g/mol. The van der Waals surface area contributed by atoms with Crippen molar-refractivity contribution in [2.75, 3.05) is 0 Å². The smallest absolute Gasteiger partial charge is 0.220 e. The van der Waals surface area contributed by atoms with Gasteiger partial charge in [-0.05, 0) is 30.7 Å². The topological polar surface area (TPSA) is 46.2 Å². The fraction of sp³-hybridized carbons (Fsp3) is 0.556. The molecule has 0 aliphatic rings. The molecule has 0 bridgehead atoms. The van der Waals surface area contributed by atoms with E-state index < -0.39 is 0 Å². The lowest BCUT2D eigenvalue weighted by atomic mass is 9.98. The molecule has 0 fully saturated rings. The number of aryl methyl sites for hydroxylation is 1. The van der Waals surface area contributed by atoms with Crippen LogP contribution in [0.2, 0.25) is 0 Å². The summed E-state index contributed by atoms with van der Waals surface area (Å²) in [5, 5.41) is 2.90. The van der Waals surface area contributed by atoms with Gasteiger partial charge in [0.25, 0.3) is 0 Å². The molecule has 0 unspecified atom stereocenters. The van der Waals surface area contributed by atoms with Crippen LogP contribution in [0.1, 0.15) is 52.0 Å². The average Bonchev–Trinajstić information content (AvgIpc) is 2.46. The highest BCUT2D eigenvalue weighted by atomic mass is 16.2. The Morgan fingerprint density at radius 1 is 1.14 bits per heavy atom. The average molecular weight is 289 g/mol. The third kappa shape index (κ3) is 7.07. The van der Waals surface area contributed by atoms with Crippen LogP contribution in [0.15, 0.2) is 30.3 Å². The summed E-state index contributed by atoms with van der Waals surface area (Å²) in [6, 6.07) is 9.82. The molecule has 0 heterocycles. The van der Waals surface area contributed by atoms with E-state index in [2.05, 4.69) is 31.3 Å². The first kappa shape index (κ1) is 17.4. The standard InChI is InChI=1S/C18H27NO2/c1-4-17(20)16(13-14(2)3)19-18(21)12-8-11-15-9-6-5-7-10-15/h5-7,9-10,14,16H,4,8,11-13H2,1-3H3,(H,19,21)/t16-/m0/s1. The Morgan fingerprint density at radius 2 is 1.81 bits per heavy atom. The van der Waals surface area contributed by atoms with Gasteiger partial charge in [-0.3, -0.25) is 9.59 Å². The van der Waals surface area contributed by atoms with E-state index in [1.807, 2.05) is 25.1 Å². The van der Waals surface area contributed by atoms with Gasteiger partial charge in [-0.25, -0.2) is 0 Å². The lowest BCUT2D eigenvalue weighted by Gasteiger charge is -2.19. The quantitative estimate of drug-likeness (QED) is 0.756. The fourth-order valence-electron chi connectivity index (χ4n) is 2.35. The van der Waals surface area contributed by atoms with Crippen LogP contribution in [0.4, 0.5) is 0 Å². The highest BCUT2D eigenvalue weighted by Crippen LogP contribution is 2.09. The number of carbonyl (C=O) groups is 2. The molecule has 0 aromatic heterocycles. The Kier molecular flexibility index (Phi) is 7.73. The Labute approximate surface area is 128 Å². The third-order valence-electron chi connectivity index (χ3n) is 3.49. The van der Waals surface area contributed by atoms with E-state index in [0.717, 1.165) is 19.3 Å². The van der Waals surface area contributed by atoms with Gasteiger partial charge >= 0.3 is 0 Å². The second-order valence-corrected chi connectivity index (χ2v) is 5.91. The molecule has 3 nitrogen and oxygen atoms in total. The zero-order chi connectivity index (χ0) is 15.7. The predicted molar refractivity (Wildman–Crippen MR) is 86.1 cm³/mol. The van der Waals surface area contributed by atoms with Crippen molar-refractivity contribution in [1.82, 2.24) is 5.32 Å². The van der Waals surface area contributed by atoms with E-state index in [1.165, 1.54) is 5.56 Å². The van der Waals surface area contributed by atoms with Crippen LogP contribution >= 0.6 is 0 Å². The molecular weight excluding hydrogens is 262 g/mol. The molecular formula is C18H27NO2. The van der Waals surface area contributed by atoms with E-state index >= 15 is 0 Å². The summed E-state index contributed by atoms with van der Waals surface area (Å²) in [5.74, 6) is 0.508. The van der Waals surface area contributed by atoms with Crippen LogP contribution in [-0.2, 0) is 16.0 Å². The Morgan fingerprint density at radius 3 is 2.38 bits per heavy atom.